The average molecular weight is 404 g/mol. The minimum absolute atomic E-state index is 0.0834. The van der Waals surface area contributed by atoms with Crippen molar-refractivity contribution < 1.29 is 17.6 Å². The van der Waals surface area contributed by atoms with Gasteiger partial charge >= 0.3 is 0 Å². The standard InChI is InChI=1S/C21H20F4N4/c22-16-6-5-13(11-17(16)23)12-29-9-7-14(8-10-29)26-20-15-3-1-2-4-18(15)27-21(28-20)19(24)25/h1-6,11,14,19H,7-10,12H2,(H,26,27,28). The van der Waals surface area contributed by atoms with Crippen LogP contribution in [0.2, 0.25) is 0 Å². The molecule has 4 nitrogen and oxygen atoms in total. The van der Waals surface area contributed by atoms with Crippen molar-refractivity contribution >= 4 is 16.7 Å². The van der Waals surface area contributed by atoms with Crippen molar-refractivity contribution in [3.63, 3.8) is 0 Å². The first-order valence-corrected chi connectivity index (χ1v) is 9.47. The average Bonchev–Trinajstić information content (AvgIpc) is 2.72. The van der Waals surface area contributed by atoms with E-state index in [1.54, 1.807) is 18.2 Å². The Morgan fingerprint density at radius 2 is 1.76 bits per heavy atom. The van der Waals surface area contributed by atoms with Crippen LogP contribution in [0.4, 0.5) is 23.4 Å². The summed E-state index contributed by atoms with van der Waals surface area (Å²) in [5.41, 5.74) is 1.20. The molecule has 1 saturated heterocycles. The zero-order chi connectivity index (χ0) is 20.4. The van der Waals surface area contributed by atoms with Crippen LogP contribution in [0, 0.1) is 11.6 Å². The maximum absolute atomic E-state index is 13.4. The maximum atomic E-state index is 13.4. The SMILES string of the molecule is Fc1ccc(CN2CCC(Nc3nc(C(F)F)nc4ccccc34)CC2)cc1F. The molecule has 1 fully saturated rings. The fraction of sp³-hybridized carbons (Fsp3) is 0.333. The molecule has 29 heavy (non-hydrogen) atoms. The predicted octanol–water partition coefficient (Wildman–Crippen LogP) is 4.92. The molecule has 0 amide bonds. The van der Waals surface area contributed by atoms with Crippen molar-refractivity contribution in [1.82, 2.24) is 14.9 Å². The minimum atomic E-state index is -2.74. The third-order valence-electron chi connectivity index (χ3n) is 5.13. The topological polar surface area (TPSA) is 41.0 Å². The molecule has 0 spiro atoms. The second kappa shape index (κ2) is 8.32. The first kappa shape index (κ1) is 19.6. The van der Waals surface area contributed by atoms with Crippen molar-refractivity contribution in [3.8, 4) is 0 Å². The lowest BCUT2D eigenvalue weighted by atomic mass is 10.0. The molecule has 8 heteroatoms. The van der Waals surface area contributed by atoms with E-state index in [9.17, 15) is 17.6 Å². The highest BCUT2D eigenvalue weighted by Gasteiger charge is 2.22. The van der Waals surface area contributed by atoms with Gasteiger partial charge in [-0.25, -0.2) is 27.5 Å². The molecule has 3 aromatic rings. The van der Waals surface area contributed by atoms with Crippen LogP contribution in [0.5, 0.6) is 0 Å². The highest BCUT2D eigenvalue weighted by atomic mass is 19.3. The van der Waals surface area contributed by atoms with Crippen molar-refractivity contribution in [3.05, 3.63) is 65.5 Å². The van der Waals surface area contributed by atoms with Crippen LogP contribution in [0.15, 0.2) is 42.5 Å². The number of benzene rings is 2. The second-order valence-electron chi connectivity index (χ2n) is 7.19. The molecule has 152 valence electrons. The molecule has 2 heterocycles. The molecule has 1 N–H and O–H groups in total. The number of hydrogen-bond donors (Lipinski definition) is 1. The molecule has 1 aromatic heterocycles. The van der Waals surface area contributed by atoms with Gasteiger partial charge in [-0.15, -0.1) is 0 Å². The number of hydrogen-bond acceptors (Lipinski definition) is 4. The molecule has 0 aliphatic carbocycles. The number of aromatic nitrogens is 2. The molecule has 0 unspecified atom stereocenters. The molecule has 4 rings (SSSR count). The molecule has 0 saturated carbocycles. The van der Waals surface area contributed by atoms with Gasteiger partial charge in [0.05, 0.1) is 5.52 Å². The third kappa shape index (κ3) is 4.48. The van der Waals surface area contributed by atoms with Gasteiger partial charge in [-0.05, 0) is 42.7 Å². The summed E-state index contributed by atoms with van der Waals surface area (Å²) in [6, 6.07) is 11.1. The summed E-state index contributed by atoms with van der Waals surface area (Å²) >= 11 is 0. The summed E-state index contributed by atoms with van der Waals surface area (Å²) in [6.45, 7) is 2.04. The Kier molecular flexibility index (Phi) is 5.62. The van der Waals surface area contributed by atoms with Gasteiger partial charge in [0.1, 0.15) is 5.82 Å². The van der Waals surface area contributed by atoms with Crippen molar-refractivity contribution in [2.75, 3.05) is 18.4 Å². The number of likely N-dealkylation sites (tertiary alicyclic amines) is 1. The Balaban J connectivity index is 1.42. The Morgan fingerprint density at radius 3 is 2.48 bits per heavy atom. The molecule has 1 aliphatic heterocycles. The number of nitrogens with zero attached hydrogens (tertiary/aromatic N) is 3. The fourth-order valence-corrected chi connectivity index (χ4v) is 3.63. The van der Waals surface area contributed by atoms with Gasteiger partial charge in [-0.1, -0.05) is 18.2 Å². The number of para-hydroxylation sites is 1. The van der Waals surface area contributed by atoms with E-state index in [2.05, 4.69) is 20.2 Å². The smallest absolute Gasteiger partial charge is 0.297 e. The van der Waals surface area contributed by atoms with Gasteiger partial charge < -0.3 is 5.32 Å². The van der Waals surface area contributed by atoms with Crippen molar-refractivity contribution in [2.24, 2.45) is 0 Å². The summed E-state index contributed by atoms with van der Waals surface area (Å²) in [6.07, 6.45) is -1.17. The molecule has 2 aromatic carbocycles. The van der Waals surface area contributed by atoms with Gasteiger partial charge in [0.2, 0.25) is 0 Å². The first-order chi connectivity index (χ1) is 14.0. The number of fused-ring (bicyclic) bond motifs is 1. The Labute approximate surface area is 165 Å². The Bertz CT molecular complexity index is 1000. The summed E-state index contributed by atoms with van der Waals surface area (Å²) in [4.78, 5) is 10.1. The van der Waals surface area contributed by atoms with Gasteiger partial charge in [0.15, 0.2) is 17.5 Å². The van der Waals surface area contributed by atoms with Crippen LogP contribution in [-0.4, -0.2) is 34.0 Å². The van der Waals surface area contributed by atoms with E-state index in [4.69, 9.17) is 0 Å². The van der Waals surface area contributed by atoms with Crippen LogP contribution in [0.1, 0.15) is 30.7 Å². The highest BCUT2D eigenvalue weighted by Crippen LogP contribution is 2.26. The largest absolute Gasteiger partial charge is 0.367 e. The summed E-state index contributed by atoms with van der Waals surface area (Å²) in [7, 11) is 0. The zero-order valence-electron chi connectivity index (χ0n) is 15.6. The number of nitrogens with one attached hydrogen (secondary N) is 1. The predicted molar refractivity (Wildman–Crippen MR) is 103 cm³/mol. The van der Waals surface area contributed by atoms with Crippen LogP contribution in [-0.2, 0) is 6.54 Å². The van der Waals surface area contributed by atoms with Crippen LogP contribution >= 0.6 is 0 Å². The molecule has 0 bridgehead atoms. The minimum Gasteiger partial charge on any atom is -0.367 e. The lowest BCUT2D eigenvalue weighted by molar-refractivity contribution is 0.141. The van der Waals surface area contributed by atoms with E-state index in [0.29, 0.717) is 23.3 Å². The fourth-order valence-electron chi connectivity index (χ4n) is 3.63. The van der Waals surface area contributed by atoms with Gasteiger partial charge in [0, 0.05) is 31.1 Å². The molecular weight excluding hydrogens is 384 g/mol. The van der Waals surface area contributed by atoms with Gasteiger partial charge in [-0.2, -0.15) is 0 Å². The number of rotatable bonds is 5. The van der Waals surface area contributed by atoms with Crippen LogP contribution in [0.3, 0.4) is 0 Å². The molecule has 0 atom stereocenters. The van der Waals surface area contributed by atoms with Crippen LogP contribution in [0.25, 0.3) is 10.9 Å². The monoisotopic (exact) mass is 404 g/mol. The van der Waals surface area contributed by atoms with E-state index in [-0.39, 0.29) is 6.04 Å². The molecule has 0 radical (unpaired) electrons. The van der Waals surface area contributed by atoms with Crippen LogP contribution < -0.4 is 5.32 Å². The third-order valence-corrected chi connectivity index (χ3v) is 5.13. The van der Waals surface area contributed by atoms with E-state index in [1.165, 1.54) is 6.07 Å². The van der Waals surface area contributed by atoms with Gasteiger partial charge in [0.25, 0.3) is 6.43 Å². The van der Waals surface area contributed by atoms with Gasteiger partial charge in [-0.3, -0.25) is 4.90 Å². The number of anilines is 1. The number of alkyl halides is 2. The Morgan fingerprint density at radius 1 is 1.00 bits per heavy atom. The second-order valence-corrected chi connectivity index (χ2v) is 7.19. The highest BCUT2D eigenvalue weighted by molar-refractivity contribution is 5.89. The normalized spacial score (nSPS) is 15.9. The lowest BCUT2D eigenvalue weighted by Gasteiger charge is -2.32. The van der Waals surface area contributed by atoms with E-state index in [0.717, 1.165) is 37.6 Å². The van der Waals surface area contributed by atoms with E-state index >= 15 is 0 Å². The quantitative estimate of drug-likeness (QED) is 0.613. The number of halogens is 4. The zero-order valence-corrected chi connectivity index (χ0v) is 15.6. The maximum Gasteiger partial charge on any atom is 0.297 e. The lowest BCUT2D eigenvalue weighted by Crippen LogP contribution is -2.38. The first-order valence-electron chi connectivity index (χ1n) is 9.47. The summed E-state index contributed by atoms with van der Waals surface area (Å²) in [5, 5.41) is 4.01. The number of piperidine rings is 1. The van der Waals surface area contributed by atoms with E-state index in [1.807, 2.05) is 12.1 Å². The molecular formula is C21H20F4N4. The van der Waals surface area contributed by atoms with E-state index < -0.39 is 23.9 Å². The Hall–Kier alpha value is -2.74. The summed E-state index contributed by atoms with van der Waals surface area (Å²) in [5.74, 6) is -1.76. The van der Waals surface area contributed by atoms with Crippen molar-refractivity contribution in [1.29, 1.82) is 0 Å². The molecule has 1 aliphatic rings. The summed E-state index contributed by atoms with van der Waals surface area (Å²) < 4.78 is 52.8. The van der Waals surface area contributed by atoms with Crippen molar-refractivity contribution in [2.45, 2.75) is 31.9 Å².